The number of benzene rings is 1. The summed E-state index contributed by atoms with van der Waals surface area (Å²) in [5.41, 5.74) is 1.69. The topological polar surface area (TPSA) is 83.6 Å². The van der Waals surface area contributed by atoms with Gasteiger partial charge in [0.15, 0.2) is 5.82 Å². The summed E-state index contributed by atoms with van der Waals surface area (Å²) in [7, 11) is 0. The van der Waals surface area contributed by atoms with Crippen LogP contribution in [-0.4, -0.2) is 26.5 Å². The predicted octanol–water partition coefficient (Wildman–Crippen LogP) is 1.90. The lowest BCUT2D eigenvalue weighted by atomic mass is 10.2. The van der Waals surface area contributed by atoms with Crippen molar-refractivity contribution < 1.29 is 4.79 Å². The van der Waals surface area contributed by atoms with Crippen molar-refractivity contribution >= 4 is 23.2 Å². The molecule has 1 amide bonds. The Morgan fingerprint density at radius 1 is 1.53 bits per heavy atom. The number of anilines is 1. The lowest BCUT2D eigenvalue weighted by Crippen LogP contribution is -2.14. The van der Waals surface area contributed by atoms with Crippen LogP contribution in [0.1, 0.15) is 23.7 Å². The molecule has 0 unspecified atom stereocenters. The van der Waals surface area contributed by atoms with Crippen molar-refractivity contribution in [2.75, 3.05) is 5.32 Å². The molecular formula is C12H12ClN5O. The fourth-order valence-corrected chi connectivity index (χ4v) is 2.18. The number of amides is 1. The molecule has 1 heterocycles. The molecule has 0 aliphatic heterocycles. The molecule has 0 saturated heterocycles. The second kappa shape index (κ2) is 4.62. The van der Waals surface area contributed by atoms with E-state index in [1.54, 1.807) is 6.07 Å². The maximum atomic E-state index is 12.0. The Balaban J connectivity index is 1.65. The summed E-state index contributed by atoms with van der Waals surface area (Å²) in [5, 5.41) is 17.2. The largest absolute Gasteiger partial charge is 0.326 e. The first-order valence-corrected chi connectivity index (χ1v) is 6.33. The van der Waals surface area contributed by atoms with Crippen LogP contribution in [-0.2, 0) is 4.79 Å². The molecule has 2 N–H and O–H groups in total. The van der Waals surface area contributed by atoms with Crippen LogP contribution in [0.3, 0.4) is 0 Å². The van der Waals surface area contributed by atoms with E-state index in [1.165, 1.54) is 0 Å². The van der Waals surface area contributed by atoms with E-state index in [0.717, 1.165) is 12.0 Å². The summed E-state index contributed by atoms with van der Waals surface area (Å²) in [5.74, 6) is 0.550. The van der Waals surface area contributed by atoms with E-state index >= 15 is 0 Å². The lowest BCUT2D eigenvalue weighted by molar-refractivity contribution is -0.117. The van der Waals surface area contributed by atoms with Crippen LogP contribution < -0.4 is 5.32 Å². The average molecular weight is 278 g/mol. The van der Waals surface area contributed by atoms with E-state index in [9.17, 15) is 4.79 Å². The van der Waals surface area contributed by atoms with E-state index in [4.69, 9.17) is 11.6 Å². The number of nitrogens with zero attached hydrogens (tertiary/aromatic N) is 3. The Kier molecular flexibility index (Phi) is 2.94. The third-order valence-corrected chi connectivity index (χ3v) is 3.67. The highest BCUT2D eigenvalue weighted by Crippen LogP contribution is 2.46. The predicted molar refractivity (Wildman–Crippen MR) is 69.8 cm³/mol. The number of carbonyl (C=O) groups excluding carboxylic acids is 1. The van der Waals surface area contributed by atoms with Gasteiger partial charge in [-0.3, -0.25) is 4.79 Å². The lowest BCUT2D eigenvalue weighted by Gasteiger charge is -2.06. The zero-order valence-corrected chi connectivity index (χ0v) is 11.0. The molecule has 0 bridgehead atoms. The maximum absolute atomic E-state index is 12.0. The van der Waals surface area contributed by atoms with E-state index in [0.29, 0.717) is 16.5 Å². The Bertz CT molecular complexity index is 613. The van der Waals surface area contributed by atoms with Crippen molar-refractivity contribution in [3.63, 3.8) is 0 Å². The molecule has 6 nitrogen and oxygen atoms in total. The van der Waals surface area contributed by atoms with Crippen molar-refractivity contribution in [3.05, 3.63) is 34.6 Å². The fraction of sp³-hybridized carbons (Fsp3) is 0.333. The summed E-state index contributed by atoms with van der Waals surface area (Å²) in [6.07, 6.45) is 0.755. The molecule has 0 radical (unpaired) electrons. The Labute approximate surface area is 114 Å². The second-order valence-electron chi connectivity index (χ2n) is 4.67. The molecule has 1 aliphatic carbocycles. The minimum atomic E-state index is -0.0855. The van der Waals surface area contributed by atoms with Crippen molar-refractivity contribution in [2.45, 2.75) is 19.3 Å². The van der Waals surface area contributed by atoms with Crippen LogP contribution in [0.4, 0.5) is 5.69 Å². The van der Waals surface area contributed by atoms with Crippen molar-refractivity contribution in [1.82, 2.24) is 20.6 Å². The van der Waals surface area contributed by atoms with Crippen LogP contribution >= 0.6 is 11.6 Å². The van der Waals surface area contributed by atoms with Gasteiger partial charge in [0.2, 0.25) is 5.91 Å². The standard InChI is InChI=1S/C12H12ClN5O/c1-6-2-3-7(4-10(6)13)14-12(19)9-5-8(9)11-15-17-18-16-11/h2-4,8-9H,5H2,1H3,(H,14,19)(H,15,16,17,18)/t8-,9-/m1/s1. The number of halogens is 1. The molecule has 0 spiro atoms. The number of hydrogen-bond donors (Lipinski definition) is 2. The molecule has 3 rings (SSSR count). The van der Waals surface area contributed by atoms with Crippen molar-refractivity contribution in [1.29, 1.82) is 0 Å². The summed E-state index contributed by atoms with van der Waals surface area (Å²) < 4.78 is 0. The van der Waals surface area contributed by atoms with Crippen molar-refractivity contribution in [2.24, 2.45) is 5.92 Å². The van der Waals surface area contributed by atoms with Gasteiger partial charge in [-0.25, -0.2) is 0 Å². The number of tetrazole rings is 1. The molecule has 1 aromatic carbocycles. The van der Waals surface area contributed by atoms with Gasteiger partial charge in [0.05, 0.1) is 0 Å². The first kappa shape index (κ1) is 12.1. The van der Waals surface area contributed by atoms with Gasteiger partial charge in [-0.15, -0.1) is 10.2 Å². The zero-order valence-electron chi connectivity index (χ0n) is 10.2. The quantitative estimate of drug-likeness (QED) is 0.897. The smallest absolute Gasteiger partial charge is 0.228 e. The van der Waals surface area contributed by atoms with Crippen LogP contribution in [0.5, 0.6) is 0 Å². The third kappa shape index (κ3) is 2.44. The highest BCUT2D eigenvalue weighted by atomic mass is 35.5. The maximum Gasteiger partial charge on any atom is 0.228 e. The van der Waals surface area contributed by atoms with Crippen LogP contribution in [0, 0.1) is 12.8 Å². The fourth-order valence-electron chi connectivity index (χ4n) is 2.00. The van der Waals surface area contributed by atoms with Gasteiger partial charge in [0.1, 0.15) is 0 Å². The molecule has 1 aliphatic rings. The van der Waals surface area contributed by atoms with Gasteiger partial charge in [-0.05, 0) is 31.0 Å². The molecule has 2 aromatic rings. The van der Waals surface area contributed by atoms with Gasteiger partial charge in [0, 0.05) is 22.5 Å². The van der Waals surface area contributed by atoms with E-state index in [-0.39, 0.29) is 17.7 Å². The van der Waals surface area contributed by atoms with Crippen molar-refractivity contribution in [3.8, 4) is 0 Å². The minimum absolute atomic E-state index is 0.0327. The number of H-pyrrole nitrogens is 1. The number of rotatable bonds is 3. The molecule has 1 aromatic heterocycles. The number of aromatic amines is 1. The highest BCUT2D eigenvalue weighted by molar-refractivity contribution is 6.31. The van der Waals surface area contributed by atoms with Crippen LogP contribution in [0.2, 0.25) is 5.02 Å². The first-order chi connectivity index (χ1) is 9.15. The highest BCUT2D eigenvalue weighted by Gasteiger charge is 2.46. The van der Waals surface area contributed by atoms with E-state index in [1.807, 2.05) is 19.1 Å². The molecule has 1 fully saturated rings. The Morgan fingerprint density at radius 2 is 2.37 bits per heavy atom. The Morgan fingerprint density at radius 3 is 3.05 bits per heavy atom. The van der Waals surface area contributed by atoms with E-state index < -0.39 is 0 Å². The van der Waals surface area contributed by atoms with Gasteiger partial charge in [-0.1, -0.05) is 22.9 Å². The summed E-state index contributed by atoms with van der Waals surface area (Å²) in [6, 6.07) is 5.47. The molecular weight excluding hydrogens is 266 g/mol. The number of carbonyl (C=O) groups is 1. The number of nitrogens with one attached hydrogen (secondary N) is 2. The number of aryl methyl sites for hydroxylation is 1. The second-order valence-corrected chi connectivity index (χ2v) is 5.08. The first-order valence-electron chi connectivity index (χ1n) is 5.95. The van der Waals surface area contributed by atoms with E-state index in [2.05, 4.69) is 25.9 Å². The number of aromatic nitrogens is 4. The molecule has 19 heavy (non-hydrogen) atoms. The normalized spacial score (nSPS) is 21.2. The Hall–Kier alpha value is -1.95. The number of hydrogen-bond acceptors (Lipinski definition) is 4. The monoisotopic (exact) mass is 277 g/mol. The molecule has 2 atom stereocenters. The SMILES string of the molecule is Cc1ccc(NC(=O)[C@@H]2C[C@H]2c2nn[nH]n2)cc1Cl. The average Bonchev–Trinajstić information content (AvgIpc) is 3.01. The van der Waals surface area contributed by atoms with Crippen LogP contribution in [0.25, 0.3) is 0 Å². The summed E-state index contributed by atoms with van der Waals surface area (Å²) in [6.45, 7) is 1.92. The summed E-state index contributed by atoms with van der Waals surface area (Å²) in [4.78, 5) is 12.0. The third-order valence-electron chi connectivity index (χ3n) is 3.26. The van der Waals surface area contributed by atoms with Gasteiger partial charge in [-0.2, -0.15) is 5.21 Å². The minimum Gasteiger partial charge on any atom is -0.326 e. The molecule has 1 saturated carbocycles. The zero-order chi connectivity index (χ0) is 13.4. The molecule has 7 heteroatoms. The van der Waals surface area contributed by atoms with Gasteiger partial charge in [0.25, 0.3) is 0 Å². The van der Waals surface area contributed by atoms with Crippen LogP contribution in [0.15, 0.2) is 18.2 Å². The van der Waals surface area contributed by atoms with Gasteiger partial charge < -0.3 is 5.32 Å². The van der Waals surface area contributed by atoms with Gasteiger partial charge >= 0.3 is 0 Å². The summed E-state index contributed by atoms with van der Waals surface area (Å²) >= 11 is 6.02. The molecule has 98 valence electrons.